The molecule has 0 saturated carbocycles. The average molecular weight is 394 g/mol. The van der Waals surface area contributed by atoms with Crippen LogP contribution in [-0.2, 0) is 11.2 Å². The van der Waals surface area contributed by atoms with Crippen LogP contribution in [0.5, 0.6) is 0 Å². The zero-order chi connectivity index (χ0) is 20.4. The molecular weight excluding hydrogens is 378 g/mol. The molecule has 1 amide bonds. The maximum Gasteiger partial charge on any atom is 0.411 e. The summed E-state index contributed by atoms with van der Waals surface area (Å²) >= 11 is 0. The second-order valence-corrected chi connectivity index (χ2v) is 6.36. The van der Waals surface area contributed by atoms with Crippen molar-refractivity contribution in [2.45, 2.75) is 6.42 Å². The Morgan fingerprint density at radius 3 is 2.83 bits per heavy atom. The van der Waals surface area contributed by atoms with Crippen molar-refractivity contribution in [1.29, 1.82) is 0 Å². The number of benzene rings is 1. The summed E-state index contributed by atoms with van der Waals surface area (Å²) in [4.78, 5) is 22.9. The molecule has 0 saturated heterocycles. The number of anilines is 1. The Bertz CT molecular complexity index is 1190. The summed E-state index contributed by atoms with van der Waals surface area (Å²) in [7, 11) is 1.16. The molecule has 8 heteroatoms. The number of ether oxygens (including phenoxy) is 1. The number of methoxy groups -OCH3 is 1. The van der Waals surface area contributed by atoms with Crippen LogP contribution in [0.2, 0.25) is 0 Å². The number of nitrogens with one attached hydrogen (secondary N) is 2. The molecule has 0 bridgehead atoms. The van der Waals surface area contributed by atoms with Crippen LogP contribution in [-0.4, -0.2) is 28.2 Å². The van der Waals surface area contributed by atoms with Crippen LogP contribution in [0.3, 0.4) is 0 Å². The molecule has 0 spiro atoms. The van der Waals surface area contributed by atoms with Gasteiger partial charge in [-0.05, 0) is 29.8 Å². The minimum Gasteiger partial charge on any atom is -0.453 e. The number of aromatic amines is 1. The van der Waals surface area contributed by atoms with E-state index >= 15 is 0 Å². The number of halogens is 2. The van der Waals surface area contributed by atoms with Crippen LogP contribution in [0.25, 0.3) is 22.2 Å². The lowest BCUT2D eigenvalue weighted by molar-refractivity contribution is 0.186. The van der Waals surface area contributed by atoms with E-state index in [1.54, 1.807) is 24.8 Å². The first-order valence-electron chi connectivity index (χ1n) is 8.75. The molecule has 3 aromatic heterocycles. The van der Waals surface area contributed by atoms with Crippen LogP contribution in [0.4, 0.5) is 19.3 Å². The maximum absolute atomic E-state index is 14.8. The van der Waals surface area contributed by atoms with Crippen LogP contribution >= 0.6 is 0 Å². The van der Waals surface area contributed by atoms with Gasteiger partial charge in [0.15, 0.2) is 5.82 Å². The molecule has 2 N–H and O–H groups in total. The topological polar surface area (TPSA) is 79.9 Å². The third-order valence-corrected chi connectivity index (χ3v) is 4.59. The largest absolute Gasteiger partial charge is 0.453 e. The molecule has 29 heavy (non-hydrogen) atoms. The molecule has 4 rings (SSSR count). The lowest BCUT2D eigenvalue weighted by atomic mass is 10.0. The molecular formula is C21H16F2N4O2. The van der Waals surface area contributed by atoms with Crippen molar-refractivity contribution in [3.05, 3.63) is 77.9 Å². The molecule has 0 atom stereocenters. The number of hydrogen-bond acceptors (Lipinski definition) is 4. The highest BCUT2D eigenvalue weighted by molar-refractivity contribution is 5.86. The van der Waals surface area contributed by atoms with Gasteiger partial charge in [0.05, 0.1) is 12.8 Å². The number of aromatic nitrogens is 3. The zero-order valence-electron chi connectivity index (χ0n) is 15.4. The highest BCUT2D eigenvalue weighted by Gasteiger charge is 2.18. The summed E-state index contributed by atoms with van der Waals surface area (Å²) in [6, 6.07) is 7.89. The van der Waals surface area contributed by atoms with Crippen molar-refractivity contribution in [1.82, 2.24) is 15.0 Å². The molecule has 0 fully saturated rings. The van der Waals surface area contributed by atoms with Gasteiger partial charge in [0.2, 0.25) is 0 Å². The molecule has 3 heterocycles. The van der Waals surface area contributed by atoms with Gasteiger partial charge in [-0.3, -0.25) is 10.3 Å². The predicted octanol–water partition coefficient (Wildman–Crippen LogP) is 4.67. The highest BCUT2D eigenvalue weighted by atomic mass is 19.1. The van der Waals surface area contributed by atoms with Crippen LogP contribution in [0.1, 0.15) is 11.1 Å². The molecule has 146 valence electrons. The third-order valence-electron chi connectivity index (χ3n) is 4.59. The molecule has 0 aliphatic rings. The summed E-state index contributed by atoms with van der Waals surface area (Å²) in [5, 5.41) is 2.99. The number of amides is 1. The monoisotopic (exact) mass is 394 g/mol. The van der Waals surface area contributed by atoms with Crippen molar-refractivity contribution in [2.24, 2.45) is 0 Å². The molecule has 1 aromatic carbocycles. The molecule has 0 radical (unpaired) electrons. The van der Waals surface area contributed by atoms with Gasteiger partial charge in [0.25, 0.3) is 0 Å². The van der Waals surface area contributed by atoms with Crippen molar-refractivity contribution < 1.29 is 18.3 Å². The predicted molar refractivity (Wildman–Crippen MR) is 105 cm³/mol. The fraction of sp³-hybridized carbons (Fsp3) is 0.0952. The van der Waals surface area contributed by atoms with Gasteiger partial charge in [-0.2, -0.15) is 0 Å². The molecule has 4 aromatic rings. The number of H-pyrrole nitrogens is 1. The zero-order valence-corrected chi connectivity index (χ0v) is 15.4. The Balaban J connectivity index is 1.73. The Hall–Kier alpha value is -3.81. The van der Waals surface area contributed by atoms with Crippen molar-refractivity contribution in [3.63, 3.8) is 0 Å². The second-order valence-electron chi connectivity index (χ2n) is 6.36. The van der Waals surface area contributed by atoms with E-state index in [2.05, 4.69) is 25.0 Å². The smallest absolute Gasteiger partial charge is 0.411 e. The average Bonchev–Trinajstić information content (AvgIpc) is 3.15. The Labute approximate surface area is 164 Å². The standard InChI is InChI=1S/C21H16F2N4O2/c1-29-21(28)27-18-5-4-17(22)16(19(18)23)8-14-11-26-20-15(14)7-13(10-25-20)12-3-2-6-24-9-12/h2-7,9-11H,8H2,1H3,(H,25,26)(H,27,28). The second kappa shape index (κ2) is 7.67. The number of carbonyl (C=O) groups excluding carboxylic acids is 1. The van der Waals surface area contributed by atoms with Crippen molar-refractivity contribution in [3.8, 4) is 11.1 Å². The fourth-order valence-corrected chi connectivity index (χ4v) is 3.10. The first-order valence-corrected chi connectivity index (χ1v) is 8.75. The molecule has 0 unspecified atom stereocenters. The quantitative estimate of drug-likeness (QED) is 0.527. The summed E-state index contributed by atoms with van der Waals surface area (Å²) in [5.74, 6) is -1.55. The van der Waals surface area contributed by atoms with Gasteiger partial charge < -0.3 is 9.72 Å². The van der Waals surface area contributed by atoms with Gasteiger partial charge >= 0.3 is 6.09 Å². The first-order chi connectivity index (χ1) is 14.1. The number of hydrogen-bond donors (Lipinski definition) is 2. The Morgan fingerprint density at radius 2 is 2.07 bits per heavy atom. The van der Waals surface area contributed by atoms with E-state index in [0.717, 1.165) is 35.8 Å². The summed E-state index contributed by atoms with van der Waals surface area (Å²) in [6.45, 7) is 0. The SMILES string of the molecule is COC(=O)Nc1ccc(F)c(Cc2c[nH]c3ncc(-c4cccnc4)cc23)c1F. The number of rotatable bonds is 4. The van der Waals surface area contributed by atoms with Gasteiger partial charge in [0, 0.05) is 53.3 Å². The van der Waals surface area contributed by atoms with Crippen molar-refractivity contribution >= 4 is 22.8 Å². The summed E-state index contributed by atoms with van der Waals surface area (Å²) in [5.41, 5.74) is 2.70. The number of fused-ring (bicyclic) bond motifs is 1. The van der Waals surface area contributed by atoms with E-state index in [-0.39, 0.29) is 17.7 Å². The lowest BCUT2D eigenvalue weighted by Gasteiger charge is -2.10. The van der Waals surface area contributed by atoms with E-state index in [4.69, 9.17) is 0 Å². The number of nitrogens with zero attached hydrogens (tertiary/aromatic N) is 2. The lowest BCUT2D eigenvalue weighted by Crippen LogP contribution is -2.13. The van der Waals surface area contributed by atoms with Crippen LogP contribution in [0, 0.1) is 11.6 Å². The van der Waals surface area contributed by atoms with E-state index in [1.165, 1.54) is 0 Å². The normalized spacial score (nSPS) is 10.9. The minimum atomic E-state index is -0.846. The van der Waals surface area contributed by atoms with Gasteiger partial charge in [-0.1, -0.05) is 6.07 Å². The van der Waals surface area contributed by atoms with E-state index < -0.39 is 17.7 Å². The van der Waals surface area contributed by atoms with Crippen LogP contribution in [0.15, 0.2) is 55.1 Å². The minimum absolute atomic E-state index is 0.0213. The summed E-state index contributed by atoms with van der Waals surface area (Å²) < 4.78 is 33.7. The van der Waals surface area contributed by atoms with E-state index in [1.807, 2.05) is 18.2 Å². The number of carbonyl (C=O) groups is 1. The Morgan fingerprint density at radius 1 is 1.21 bits per heavy atom. The Kier molecular flexibility index (Phi) is 4.90. The summed E-state index contributed by atoms with van der Waals surface area (Å²) in [6.07, 6.45) is 5.92. The van der Waals surface area contributed by atoms with Gasteiger partial charge in [0.1, 0.15) is 11.5 Å². The molecule has 0 aliphatic carbocycles. The van der Waals surface area contributed by atoms with E-state index in [0.29, 0.717) is 11.2 Å². The number of pyridine rings is 2. The maximum atomic E-state index is 14.8. The van der Waals surface area contributed by atoms with E-state index in [9.17, 15) is 13.6 Å². The van der Waals surface area contributed by atoms with Crippen LogP contribution < -0.4 is 5.32 Å². The molecule has 6 nitrogen and oxygen atoms in total. The van der Waals surface area contributed by atoms with Gasteiger partial charge in [-0.25, -0.2) is 18.6 Å². The fourth-order valence-electron chi connectivity index (χ4n) is 3.10. The van der Waals surface area contributed by atoms with Crippen molar-refractivity contribution in [2.75, 3.05) is 12.4 Å². The molecule has 0 aliphatic heterocycles. The first kappa shape index (κ1) is 18.5. The van der Waals surface area contributed by atoms with Gasteiger partial charge in [-0.15, -0.1) is 0 Å². The highest BCUT2D eigenvalue weighted by Crippen LogP contribution is 2.29. The third kappa shape index (κ3) is 3.64.